The summed E-state index contributed by atoms with van der Waals surface area (Å²) in [6.45, 7) is 1.66. The van der Waals surface area contributed by atoms with E-state index in [1.165, 1.54) is 16.8 Å². The summed E-state index contributed by atoms with van der Waals surface area (Å²) in [5.74, 6) is 0. The molecule has 6 nitrogen and oxygen atoms in total. The third-order valence-corrected chi connectivity index (χ3v) is 5.08. The van der Waals surface area contributed by atoms with Crippen molar-refractivity contribution in [3.8, 4) is 0 Å². The van der Waals surface area contributed by atoms with Crippen LogP contribution in [0, 0.1) is 0 Å². The first-order valence-electron chi connectivity index (χ1n) is 7.17. The van der Waals surface area contributed by atoms with E-state index in [0.717, 1.165) is 18.5 Å². The molecule has 1 N–H and O–H groups in total. The summed E-state index contributed by atoms with van der Waals surface area (Å²) in [7, 11) is 0.397. The number of hydrogen-bond donors (Lipinski definition) is 1. The summed E-state index contributed by atoms with van der Waals surface area (Å²) >= 11 is 0. The Morgan fingerprint density at radius 2 is 1.86 bits per heavy atom. The van der Waals surface area contributed by atoms with Crippen LogP contribution in [0.4, 0.5) is 0 Å². The number of H-pyrrole nitrogens is 1. The number of hydrogen-bond acceptors (Lipinski definition) is 4. The van der Waals surface area contributed by atoms with Gasteiger partial charge in [-0.25, -0.2) is 13.4 Å². The standard InChI is InChI=1S/C15H22N4O2S/c1-18(2)9-6-10-19(12-14-7-4-3-5-8-14)22(20,21)15-11-16-13-17-15/h3-5,7-8,11,13H,6,9-10,12H2,1-2H3,(H,16,17). The van der Waals surface area contributed by atoms with Gasteiger partial charge in [-0.05, 0) is 32.6 Å². The Hall–Kier alpha value is -1.70. The Morgan fingerprint density at radius 3 is 2.45 bits per heavy atom. The normalized spacial score (nSPS) is 12.2. The maximum atomic E-state index is 12.7. The molecule has 1 aromatic carbocycles. The van der Waals surface area contributed by atoms with Crippen LogP contribution in [-0.2, 0) is 16.6 Å². The molecule has 0 saturated heterocycles. The highest BCUT2D eigenvalue weighted by Gasteiger charge is 2.25. The lowest BCUT2D eigenvalue weighted by molar-refractivity contribution is 0.346. The van der Waals surface area contributed by atoms with E-state index in [1.54, 1.807) is 0 Å². The van der Waals surface area contributed by atoms with Crippen LogP contribution in [0.1, 0.15) is 12.0 Å². The number of aromatic amines is 1. The number of imidazole rings is 1. The Labute approximate surface area is 131 Å². The lowest BCUT2D eigenvalue weighted by Gasteiger charge is -2.22. The summed E-state index contributed by atoms with van der Waals surface area (Å²) in [6.07, 6.45) is 3.50. The number of nitrogens with zero attached hydrogens (tertiary/aromatic N) is 3. The van der Waals surface area contributed by atoms with Gasteiger partial charge in [0, 0.05) is 13.1 Å². The van der Waals surface area contributed by atoms with Gasteiger partial charge in [-0.2, -0.15) is 4.31 Å². The fraction of sp³-hybridized carbons (Fsp3) is 0.400. The van der Waals surface area contributed by atoms with E-state index in [4.69, 9.17) is 0 Å². The van der Waals surface area contributed by atoms with Gasteiger partial charge in [0.15, 0.2) is 5.03 Å². The van der Waals surface area contributed by atoms with Crippen molar-refractivity contribution in [2.45, 2.75) is 18.0 Å². The van der Waals surface area contributed by atoms with Gasteiger partial charge in [-0.15, -0.1) is 0 Å². The summed E-state index contributed by atoms with van der Waals surface area (Å²) in [4.78, 5) is 8.55. The summed E-state index contributed by atoms with van der Waals surface area (Å²) in [5, 5.41) is 0.133. The Morgan fingerprint density at radius 1 is 1.14 bits per heavy atom. The molecule has 0 spiro atoms. The molecule has 0 fully saturated rings. The molecule has 120 valence electrons. The van der Waals surface area contributed by atoms with E-state index in [1.807, 2.05) is 49.3 Å². The quantitative estimate of drug-likeness (QED) is 0.800. The zero-order valence-electron chi connectivity index (χ0n) is 12.9. The number of nitrogens with one attached hydrogen (secondary N) is 1. The van der Waals surface area contributed by atoms with Crippen molar-refractivity contribution in [1.82, 2.24) is 19.2 Å². The molecule has 7 heteroatoms. The second-order valence-corrected chi connectivity index (χ2v) is 7.30. The minimum absolute atomic E-state index is 0.133. The van der Waals surface area contributed by atoms with E-state index < -0.39 is 10.0 Å². The third-order valence-electron chi connectivity index (χ3n) is 3.31. The maximum absolute atomic E-state index is 12.7. The first-order valence-corrected chi connectivity index (χ1v) is 8.61. The smallest absolute Gasteiger partial charge is 0.260 e. The van der Waals surface area contributed by atoms with Crippen LogP contribution < -0.4 is 0 Å². The van der Waals surface area contributed by atoms with E-state index >= 15 is 0 Å². The minimum atomic E-state index is -3.56. The molecule has 1 heterocycles. The predicted molar refractivity (Wildman–Crippen MR) is 85.8 cm³/mol. The van der Waals surface area contributed by atoms with Crippen molar-refractivity contribution in [3.05, 3.63) is 48.4 Å². The SMILES string of the molecule is CN(C)CCCN(Cc1ccccc1)S(=O)(=O)c1cnc[nH]1. The van der Waals surface area contributed by atoms with Crippen molar-refractivity contribution in [2.75, 3.05) is 27.2 Å². The monoisotopic (exact) mass is 322 g/mol. The van der Waals surface area contributed by atoms with Gasteiger partial charge in [0.1, 0.15) is 0 Å². The van der Waals surface area contributed by atoms with E-state index in [-0.39, 0.29) is 5.03 Å². The number of rotatable bonds is 8. The highest BCUT2D eigenvalue weighted by molar-refractivity contribution is 7.89. The highest BCUT2D eigenvalue weighted by atomic mass is 32.2. The highest BCUT2D eigenvalue weighted by Crippen LogP contribution is 2.16. The zero-order valence-corrected chi connectivity index (χ0v) is 13.8. The van der Waals surface area contributed by atoms with Crippen molar-refractivity contribution >= 4 is 10.0 Å². The Bertz CT molecular complexity index is 654. The second-order valence-electron chi connectivity index (χ2n) is 5.40. The molecule has 0 aliphatic rings. The molecule has 0 unspecified atom stereocenters. The molecule has 2 rings (SSSR count). The molecule has 1 aromatic heterocycles. The number of benzene rings is 1. The Kier molecular flexibility index (Phi) is 5.70. The number of sulfonamides is 1. The predicted octanol–water partition coefficient (Wildman–Crippen LogP) is 1.55. The lowest BCUT2D eigenvalue weighted by Crippen LogP contribution is -2.33. The van der Waals surface area contributed by atoms with Gasteiger partial charge in [0.25, 0.3) is 10.0 Å². The molecule has 0 aliphatic heterocycles. The Balaban J connectivity index is 2.17. The van der Waals surface area contributed by atoms with Crippen LogP contribution in [0.2, 0.25) is 0 Å². The van der Waals surface area contributed by atoms with E-state index in [0.29, 0.717) is 13.1 Å². The molecular weight excluding hydrogens is 300 g/mol. The molecule has 0 atom stereocenters. The van der Waals surface area contributed by atoms with Gasteiger partial charge in [0.05, 0.1) is 12.5 Å². The average Bonchev–Trinajstić information content (AvgIpc) is 3.02. The van der Waals surface area contributed by atoms with Gasteiger partial charge in [-0.1, -0.05) is 30.3 Å². The lowest BCUT2D eigenvalue weighted by atomic mass is 10.2. The first-order chi connectivity index (χ1) is 10.5. The molecule has 0 saturated carbocycles. The largest absolute Gasteiger partial charge is 0.335 e. The van der Waals surface area contributed by atoms with Crippen molar-refractivity contribution in [1.29, 1.82) is 0 Å². The minimum Gasteiger partial charge on any atom is -0.335 e. The van der Waals surface area contributed by atoms with Crippen LogP contribution >= 0.6 is 0 Å². The van der Waals surface area contributed by atoms with Crippen LogP contribution in [-0.4, -0.2) is 54.8 Å². The van der Waals surface area contributed by atoms with Crippen molar-refractivity contribution in [3.63, 3.8) is 0 Å². The summed E-state index contributed by atoms with van der Waals surface area (Å²) in [6, 6.07) is 9.61. The van der Waals surface area contributed by atoms with Crippen LogP contribution in [0.25, 0.3) is 0 Å². The molecular formula is C15H22N4O2S. The fourth-order valence-electron chi connectivity index (χ4n) is 2.16. The first kappa shape index (κ1) is 16.7. The van der Waals surface area contributed by atoms with E-state index in [2.05, 4.69) is 9.97 Å². The molecule has 0 aliphatic carbocycles. The van der Waals surface area contributed by atoms with Gasteiger partial charge in [0.2, 0.25) is 0 Å². The van der Waals surface area contributed by atoms with Crippen LogP contribution in [0.5, 0.6) is 0 Å². The van der Waals surface area contributed by atoms with Gasteiger partial charge < -0.3 is 9.88 Å². The molecule has 0 amide bonds. The maximum Gasteiger partial charge on any atom is 0.260 e. The molecule has 0 radical (unpaired) electrons. The summed E-state index contributed by atoms with van der Waals surface area (Å²) in [5.41, 5.74) is 0.968. The number of aromatic nitrogens is 2. The van der Waals surface area contributed by atoms with Crippen molar-refractivity contribution < 1.29 is 8.42 Å². The third kappa shape index (κ3) is 4.40. The van der Waals surface area contributed by atoms with Crippen LogP contribution in [0.3, 0.4) is 0 Å². The molecule has 0 bridgehead atoms. The molecule has 22 heavy (non-hydrogen) atoms. The van der Waals surface area contributed by atoms with Gasteiger partial charge in [-0.3, -0.25) is 0 Å². The summed E-state index contributed by atoms with van der Waals surface area (Å²) < 4.78 is 26.9. The average molecular weight is 322 g/mol. The van der Waals surface area contributed by atoms with Crippen molar-refractivity contribution in [2.24, 2.45) is 0 Å². The molecule has 2 aromatic rings. The second kappa shape index (κ2) is 7.53. The van der Waals surface area contributed by atoms with Gasteiger partial charge >= 0.3 is 0 Å². The fourth-order valence-corrected chi connectivity index (χ4v) is 3.52. The topological polar surface area (TPSA) is 69.3 Å². The zero-order chi connectivity index (χ0) is 16.0. The van der Waals surface area contributed by atoms with Crippen LogP contribution in [0.15, 0.2) is 47.9 Å². The van der Waals surface area contributed by atoms with E-state index in [9.17, 15) is 8.42 Å².